The van der Waals surface area contributed by atoms with Crippen molar-refractivity contribution in [3.8, 4) is 11.6 Å². The van der Waals surface area contributed by atoms with Gasteiger partial charge in [-0.1, -0.05) is 24.3 Å². The van der Waals surface area contributed by atoms with Crippen LogP contribution in [0.4, 0.5) is 34.3 Å². The lowest BCUT2D eigenvalue weighted by molar-refractivity contribution is -0.384. The van der Waals surface area contributed by atoms with Gasteiger partial charge in [0, 0.05) is 138 Å². The maximum absolute atomic E-state index is 14.8. The number of carbonyl (C=O) groups excluding carboxylic acids is 1. The number of aromatic amines is 1. The van der Waals surface area contributed by atoms with Gasteiger partial charge in [0.2, 0.25) is 5.88 Å². The third-order valence-electron chi connectivity index (χ3n) is 19.4. The minimum absolute atomic E-state index is 0.119. The highest BCUT2D eigenvalue weighted by atomic mass is 32.2. The molecular weight excluding hydrogens is 1090 g/mol. The van der Waals surface area contributed by atoms with E-state index in [1.54, 1.807) is 6.07 Å². The molecule has 6 fully saturated rings. The molecule has 14 rings (SSSR count). The highest BCUT2D eigenvalue weighted by Gasteiger charge is 2.51. The number of fused-ring (bicyclic) bond motifs is 4. The molecule has 0 bridgehead atoms. The molecule has 7 aliphatic heterocycles. The lowest BCUT2D eigenvalue weighted by atomic mass is 9.59. The van der Waals surface area contributed by atoms with Gasteiger partial charge < -0.3 is 48.7 Å². The highest BCUT2D eigenvalue weighted by Crippen LogP contribution is 2.54. The Morgan fingerprint density at radius 3 is 2.45 bits per heavy atom. The molecule has 21 nitrogen and oxygen atoms in total. The summed E-state index contributed by atoms with van der Waals surface area (Å²) in [5.74, 6) is 1.67. The number of nitrogens with one attached hydrogen (secondary N) is 3. The summed E-state index contributed by atoms with van der Waals surface area (Å²) >= 11 is 0. The van der Waals surface area contributed by atoms with E-state index < -0.39 is 37.5 Å². The first kappa shape index (κ1) is 54.8. The molecule has 0 unspecified atom stereocenters. The van der Waals surface area contributed by atoms with Gasteiger partial charge in [-0.25, -0.2) is 18.1 Å². The van der Waals surface area contributed by atoms with E-state index in [1.807, 2.05) is 30.5 Å². The molecule has 8 aliphatic rings. The van der Waals surface area contributed by atoms with Crippen LogP contribution < -0.4 is 34.2 Å². The topological polar surface area (TPSA) is 222 Å². The monoisotopic (exact) mass is 1160 g/mol. The molecule has 6 aromatic rings. The molecule has 3 N–H and O–H groups in total. The summed E-state index contributed by atoms with van der Waals surface area (Å²) in [6.45, 7) is 13.0. The van der Waals surface area contributed by atoms with Crippen LogP contribution >= 0.6 is 0 Å². The summed E-state index contributed by atoms with van der Waals surface area (Å²) in [6, 6.07) is 24.9. The zero-order valence-electron chi connectivity index (χ0n) is 47.5. The Morgan fingerprint density at radius 2 is 1.63 bits per heavy atom. The Morgan fingerprint density at radius 1 is 0.821 bits per heavy atom. The van der Waals surface area contributed by atoms with Crippen molar-refractivity contribution in [3.05, 3.63) is 124 Å². The van der Waals surface area contributed by atoms with E-state index in [0.29, 0.717) is 88.2 Å². The molecule has 1 saturated carbocycles. The largest absolute Gasteiger partial charge is 0.493 e. The fraction of sp³-hybridized carbons (Fsp3) is 0.500. The van der Waals surface area contributed by atoms with Gasteiger partial charge in [0.05, 0.1) is 53.5 Å². The van der Waals surface area contributed by atoms with Gasteiger partial charge >= 0.3 is 0 Å². The SMILES string of the molecule is Cc1ccccc1[C@@H]1CN([C@H]2CCOc3cc(N4CCOCC4)ncc32)CCN1C1CC2(CCN(c3ccc(C(=O)NS(=O)(=O)c4ccc(NCC5CCOCC5)c([N+](=O)[O-])c4)c(N4c5cc6cc[nH]c6nc5O[C@H]5COCC[C@@H]54)c3)CC2)C1. The number of benzene rings is 3. The second-order valence-electron chi connectivity index (χ2n) is 24.2. The third-order valence-corrected chi connectivity index (χ3v) is 20.7. The lowest BCUT2D eigenvalue weighted by Crippen LogP contribution is -2.60. The molecule has 22 heteroatoms. The first-order valence-corrected chi connectivity index (χ1v) is 31.5. The number of hydrogen-bond donors (Lipinski definition) is 3. The molecule has 4 atom stereocenters. The number of amides is 1. The number of piperidine rings is 1. The van der Waals surface area contributed by atoms with Gasteiger partial charge in [-0.05, 0) is 117 Å². The lowest BCUT2D eigenvalue weighted by Gasteiger charge is -2.59. The Balaban J connectivity index is 0.711. The van der Waals surface area contributed by atoms with Gasteiger partial charge in [-0.2, -0.15) is 4.98 Å². The Hall–Kier alpha value is -7.08. The van der Waals surface area contributed by atoms with Crippen molar-refractivity contribution in [1.29, 1.82) is 0 Å². The number of H-pyrrole nitrogens is 1. The number of piperazine rings is 1. The fourth-order valence-corrected chi connectivity index (χ4v) is 15.7. The Kier molecular flexibility index (Phi) is 14.8. The number of ether oxygens (including phenoxy) is 5. The molecule has 10 heterocycles. The number of anilines is 5. The molecule has 84 heavy (non-hydrogen) atoms. The van der Waals surface area contributed by atoms with Crippen LogP contribution in [0.3, 0.4) is 0 Å². The fourth-order valence-electron chi connectivity index (χ4n) is 14.7. The molecule has 3 aromatic carbocycles. The summed E-state index contributed by atoms with van der Waals surface area (Å²) in [5.41, 5.74) is 6.73. The molecule has 3 aromatic heterocycles. The average Bonchev–Trinajstić information content (AvgIpc) is 3.88. The van der Waals surface area contributed by atoms with E-state index in [9.17, 15) is 23.3 Å². The van der Waals surface area contributed by atoms with E-state index in [4.69, 9.17) is 33.7 Å². The maximum atomic E-state index is 14.8. The van der Waals surface area contributed by atoms with Crippen LogP contribution in [0.15, 0.2) is 96.2 Å². The molecule has 0 radical (unpaired) electrons. The van der Waals surface area contributed by atoms with Gasteiger partial charge in [0.15, 0.2) is 0 Å². The third kappa shape index (κ3) is 10.6. The van der Waals surface area contributed by atoms with Crippen molar-refractivity contribution in [2.75, 3.05) is 119 Å². The second kappa shape index (κ2) is 22.7. The normalized spacial score (nSPS) is 24.1. The standard InChI is InChI=1S/C62H73N11O10S/c1-40-4-2-3-5-46(40)55-38-70(50-14-27-82-56-33-58(65-37-48(50)56)69-22-28-80-29-23-69)20-21-71(55)44-34-62(35-44)15-18-68(19-16-62)43-6-8-47(52(31-43)72-51-13-26-81-39-57(51)83-61-54(72)30-42-10-17-63-59(42)66-61)60(74)67-84(77,78)45-7-9-49(53(32-45)73(75)76)64-36-41-11-24-79-25-12-41/h2-10,17,30-33,37,41,44,50-51,55,57,64H,11-16,18-29,34-36,38-39H2,1H3,(H,63,66)(H,67,74)/t50-,51-,55-,57-/m0/s1. The minimum Gasteiger partial charge on any atom is -0.493 e. The van der Waals surface area contributed by atoms with Crippen LogP contribution in [-0.4, -0.2) is 161 Å². The number of nitrogens with zero attached hydrogens (tertiary/aromatic N) is 8. The van der Waals surface area contributed by atoms with Gasteiger partial charge in [0.1, 0.15) is 34.7 Å². The van der Waals surface area contributed by atoms with Crippen molar-refractivity contribution in [2.45, 2.75) is 93.5 Å². The molecule has 1 aliphatic carbocycles. The molecular formula is C62H73N11O10S. The van der Waals surface area contributed by atoms with Crippen LogP contribution in [0.2, 0.25) is 0 Å². The first-order valence-electron chi connectivity index (χ1n) is 30.0. The number of aryl methyl sites for hydroxylation is 1. The van der Waals surface area contributed by atoms with Crippen LogP contribution in [0, 0.1) is 28.4 Å². The number of sulfonamides is 1. The number of aromatic nitrogens is 3. The summed E-state index contributed by atoms with van der Waals surface area (Å²) in [6.07, 6.45) is 10.9. The van der Waals surface area contributed by atoms with Crippen LogP contribution in [0.1, 0.15) is 90.5 Å². The highest BCUT2D eigenvalue weighted by molar-refractivity contribution is 7.90. The van der Waals surface area contributed by atoms with E-state index in [1.165, 1.54) is 28.8 Å². The number of morpholine rings is 1. The number of pyridine rings is 2. The number of carbonyl (C=O) groups is 1. The number of rotatable bonds is 13. The van der Waals surface area contributed by atoms with Gasteiger partial charge in [0.25, 0.3) is 21.6 Å². The van der Waals surface area contributed by atoms with E-state index in [0.717, 1.165) is 119 Å². The van der Waals surface area contributed by atoms with Crippen molar-refractivity contribution in [1.82, 2.24) is 29.5 Å². The maximum Gasteiger partial charge on any atom is 0.293 e. The molecule has 1 amide bonds. The Labute approximate surface area is 489 Å². The van der Waals surface area contributed by atoms with Crippen molar-refractivity contribution < 1.29 is 41.8 Å². The Bertz CT molecular complexity index is 3560. The summed E-state index contributed by atoms with van der Waals surface area (Å²) in [7, 11) is -4.62. The van der Waals surface area contributed by atoms with Crippen LogP contribution in [0.5, 0.6) is 11.6 Å². The van der Waals surface area contributed by atoms with E-state index in [-0.39, 0.29) is 40.7 Å². The quantitative estimate of drug-likeness (QED) is 0.0731. The van der Waals surface area contributed by atoms with Crippen molar-refractivity contribution in [2.24, 2.45) is 11.3 Å². The summed E-state index contributed by atoms with van der Waals surface area (Å²) in [5, 5.41) is 16.4. The number of hydrogen-bond acceptors (Lipinski definition) is 18. The number of nitro groups is 1. The zero-order valence-corrected chi connectivity index (χ0v) is 48.3. The molecule has 5 saturated heterocycles. The second-order valence-corrected chi connectivity index (χ2v) is 25.9. The van der Waals surface area contributed by atoms with Crippen LogP contribution in [-0.2, 0) is 24.2 Å². The first-order chi connectivity index (χ1) is 40.9. The summed E-state index contributed by atoms with van der Waals surface area (Å²) in [4.78, 5) is 51.6. The average molecular weight is 1160 g/mol. The number of nitro benzene ring substituents is 1. The van der Waals surface area contributed by atoms with E-state index in [2.05, 4.69) is 83.0 Å². The van der Waals surface area contributed by atoms with Crippen molar-refractivity contribution >= 4 is 61.2 Å². The van der Waals surface area contributed by atoms with Gasteiger partial charge in [-0.15, -0.1) is 0 Å². The molecule has 442 valence electrons. The molecule has 1 spiro atoms. The van der Waals surface area contributed by atoms with Crippen LogP contribution in [0.25, 0.3) is 11.0 Å². The van der Waals surface area contributed by atoms with Crippen molar-refractivity contribution in [3.63, 3.8) is 0 Å². The van der Waals surface area contributed by atoms with Gasteiger partial charge in [-0.3, -0.25) is 24.7 Å². The summed E-state index contributed by atoms with van der Waals surface area (Å²) < 4.78 is 60.8. The predicted octanol–water partition coefficient (Wildman–Crippen LogP) is 8.29. The smallest absolute Gasteiger partial charge is 0.293 e. The zero-order chi connectivity index (χ0) is 57.1. The minimum atomic E-state index is -4.62. The van der Waals surface area contributed by atoms with E-state index >= 15 is 0 Å². The predicted molar refractivity (Wildman–Crippen MR) is 317 cm³/mol.